The lowest BCUT2D eigenvalue weighted by Crippen LogP contribution is -2.70. The number of aryl methyl sites for hydroxylation is 2. The molecule has 8 rings (SSSR count). The third-order valence-electron chi connectivity index (χ3n) is 14.0. The number of benzene rings is 5. The van der Waals surface area contributed by atoms with Gasteiger partial charge in [0.05, 0.1) is 31.4 Å². The van der Waals surface area contributed by atoms with E-state index in [9.17, 15) is 10.2 Å². The molecule has 1 amide bonds. The summed E-state index contributed by atoms with van der Waals surface area (Å²) in [5, 5.41) is 27.2. The fraction of sp³-hybridized carbons (Fsp3) is 0.379. The van der Waals surface area contributed by atoms with Crippen LogP contribution in [0.15, 0.2) is 151 Å². The van der Waals surface area contributed by atoms with Crippen LogP contribution < -0.4 is 9.47 Å². The van der Waals surface area contributed by atoms with Gasteiger partial charge in [0.1, 0.15) is 29.9 Å². The topological polar surface area (TPSA) is 119 Å². The fourth-order valence-electron chi connectivity index (χ4n) is 10.6. The molecule has 6 unspecified atom stereocenters. The maximum Gasteiger partial charge on any atom is 0.410 e. The Hall–Kier alpha value is -6.20. The molecule has 2 N–H and O–H groups in total. The highest BCUT2D eigenvalue weighted by Gasteiger charge is 2.65. The van der Waals surface area contributed by atoms with Crippen LogP contribution in [0.1, 0.15) is 85.1 Å². The van der Waals surface area contributed by atoms with E-state index in [-0.39, 0.29) is 63.8 Å². The molecule has 68 heavy (non-hydrogen) atoms. The van der Waals surface area contributed by atoms with Crippen LogP contribution in [0.3, 0.4) is 0 Å². The van der Waals surface area contributed by atoms with Gasteiger partial charge >= 0.3 is 6.09 Å². The number of aliphatic hydroxyl groups is 2. The van der Waals surface area contributed by atoms with Gasteiger partial charge in [0, 0.05) is 31.1 Å². The Morgan fingerprint density at radius 2 is 1.60 bits per heavy atom. The average Bonchev–Trinajstić information content (AvgIpc) is 3.35. The monoisotopic (exact) mass is 918 g/mol. The van der Waals surface area contributed by atoms with Gasteiger partial charge in [0.15, 0.2) is 0 Å². The van der Waals surface area contributed by atoms with Crippen LogP contribution in [0.25, 0.3) is 10.8 Å². The van der Waals surface area contributed by atoms with Gasteiger partial charge in [0.25, 0.3) is 0 Å². The second kappa shape index (κ2) is 22.7. The van der Waals surface area contributed by atoms with Gasteiger partial charge in [-0.2, -0.15) is 0 Å². The van der Waals surface area contributed by atoms with Crippen LogP contribution >= 0.6 is 0 Å². The van der Waals surface area contributed by atoms with E-state index in [0.717, 1.165) is 70.0 Å². The maximum absolute atomic E-state index is 15.0. The standard InChI is InChI=1S/C58H66N2O8/c1-5-7-33-64-57(63)60(38-45-23-17-22-43-20-11-12-24-48(43)45)54-37-52(59-66-39-42-18-9-8-10-19-42)50-35-44(21-13-15-30-61)49(25-14-16-31-62)55-51-36-47(67-46-27-26-40(3)41(4)34-46)28-29-53(51)68-58(54,56(50)55)65-32-6-2/h5-6,8-12,17-20,22-24,26-29,34-36,44,49,54-56,61-62H,1-2,7,13-16,21,25,30-33,37-39H2,3-4H3. The molecule has 1 fully saturated rings. The Morgan fingerprint density at radius 1 is 0.853 bits per heavy atom. The number of aliphatic hydroxyl groups excluding tert-OH is 2. The van der Waals surface area contributed by atoms with Gasteiger partial charge in [-0.3, -0.25) is 4.90 Å². The summed E-state index contributed by atoms with van der Waals surface area (Å²) in [6.45, 7) is 13.1. The largest absolute Gasteiger partial charge is 0.459 e. The second-order valence-electron chi connectivity index (χ2n) is 18.3. The number of rotatable bonds is 22. The minimum absolute atomic E-state index is 0.0384. The van der Waals surface area contributed by atoms with E-state index >= 15 is 4.79 Å². The van der Waals surface area contributed by atoms with Gasteiger partial charge in [-0.05, 0) is 127 Å². The number of amides is 1. The first kappa shape index (κ1) is 48.3. The first-order valence-electron chi connectivity index (χ1n) is 24.3. The normalized spacial score (nSPS) is 22.0. The third kappa shape index (κ3) is 10.6. The number of allylic oxidation sites excluding steroid dienone is 1. The van der Waals surface area contributed by atoms with Gasteiger partial charge < -0.3 is 34.0 Å². The smallest absolute Gasteiger partial charge is 0.410 e. The molecule has 6 atom stereocenters. The van der Waals surface area contributed by atoms with Crippen molar-refractivity contribution in [3.63, 3.8) is 0 Å². The Kier molecular flexibility index (Phi) is 16.1. The van der Waals surface area contributed by atoms with Crippen molar-refractivity contribution in [2.75, 3.05) is 26.4 Å². The predicted octanol–water partition coefficient (Wildman–Crippen LogP) is 12.3. The molecule has 0 aromatic heterocycles. The van der Waals surface area contributed by atoms with Gasteiger partial charge in [-0.1, -0.05) is 115 Å². The molecule has 356 valence electrons. The number of carbonyl (C=O) groups excluding carboxylic acids is 1. The predicted molar refractivity (Wildman–Crippen MR) is 268 cm³/mol. The van der Waals surface area contributed by atoms with Crippen molar-refractivity contribution in [3.8, 4) is 17.2 Å². The van der Waals surface area contributed by atoms with E-state index in [4.69, 9.17) is 28.9 Å². The first-order valence-corrected chi connectivity index (χ1v) is 24.3. The van der Waals surface area contributed by atoms with Crippen LogP contribution in [-0.2, 0) is 27.5 Å². The molecular formula is C58H66N2O8. The number of ether oxygens (including phenoxy) is 4. The highest BCUT2D eigenvalue weighted by molar-refractivity contribution is 6.03. The first-order chi connectivity index (χ1) is 33.3. The van der Waals surface area contributed by atoms with Crippen molar-refractivity contribution in [1.82, 2.24) is 4.90 Å². The molecule has 0 bridgehead atoms. The minimum Gasteiger partial charge on any atom is -0.459 e. The fourth-order valence-corrected chi connectivity index (χ4v) is 10.6. The molecular weight excluding hydrogens is 853 g/mol. The number of carbonyl (C=O) groups is 1. The zero-order valence-electron chi connectivity index (χ0n) is 39.6. The molecule has 1 saturated carbocycles. The summed E-state index contributed by atoms with van der Waals surface area (Å²) in [6, 6.07) is 35.7. The van der Waals surface area contributed by atoms with Crippen molar-refractivity contribution < 1.29 is 38.8 Å². The van der Waals surface area contributed by atoms with E-state index in [2.05, 4.69) is 75.5 Å². The van der Waals surface area contributed by atoms with Crippen molar-refractivity contribution in [2.24, 2.45) is 22.9 Å². The number of oxime groups is 1. The van der Waals surface area contributed by atoms with Gasteiger partial charge in [-0.15, -0.1) is 13.2 Å². The summed E-state index contributed by atoms with van der Waals surface area (Å²) < 4.78 is 27.5. The van der Waals surface area contributed by atoms with Crippen LogP contribution in [-0.4, -0.2) is 65.2 Å². The van der Waals surface area contributed by atoms with Crippen LogP contribution in [0.4, 0.5) is 4.79 Å². The number of unbranched alkanes of at least 4 members (excludes halogenated alkanes) is 2. The quantitative estimate of drug-likeness (QED) is 0.0400. The van der Waals surface area contributed by atoms with Crippen LogP contribution in [0.5, 0.6) is 17.2 Å². The summed E-state index contributed by atoms with van der Waals surface area (Å²) >= 11 is 0. The highest BCUT2D eigenvalue weighted by atomic mass is 16.7. The molecule has 2 aliphatic carbocycles. The zero-order chi connectivity index (χ0) is 47.5. The molecule has 1 heterocycles. The van der Waals surface area contributed by atoms with Crippen molar-refractivity contribution >= 4 is 22.6 Å². The second-order valence-corrected chi connectivity index (χ2v) is 18.3. The van der Waals surface area contributed by atoms with E-state index in [1.54, 1.807) is 17.1 Å². The lowest BCUT2D eigenvalue weighted by Gasteiger charge is -2.59. The lowest BCUT2D eigenvalue weighted by molar-refractivity contribution is -0.256. The van der Waals surface area contributed by atoms with Gasteiger partial charge in [0.2, 0.25) is 5.79 Å². The molecule has 5 aromatic rings. The Morgan fingerprint density at radius 3 is 2.38 bits per heavy atom. The summed E-state index contributed by atoms with van der Waals surface area (Å²) in [5.41, 5.74) is 6.86. The number of hydrogen-bond donors (Lipinski definition) is 2. The van der Waals surface area contributed by atoms with Crippen molar-refractivity contribution in [3.05, 3.63) is 174 Å². The zero-order valence-corrected chi connectivity index (χ0v) is 39.6. The number of fused-ring (bicyclic) bond motifs is 3. The van der Waals surface area contributed by atoms with E-state index < -0.39 is 23.8 Å². The van der Waals surface area contributed by atoms with Crippen molar-refractivity contribution in [1.29, 1.82) is 0 Å². The van der Waals surface area contributed by atoms with E-state index in [1.807, 2.05) is 66.7 Å². The number of nitrogens with zero attached hydrogens (tertiary/aromatic N) is 2. The molecule has 0 spiro atoms. The molecule has 10 heteroatoms. The molecule has 10 nitrogen and oxygen atoms in total. The lowest BCUT2D eigenvalue weighted by atomic mass is 9.55. The number of hydrogen-bond acceptors (Lipinski definition) is 9. The minimum atomic E-state index is -1.47. The van der Waals surface area contributed by atoms with E-state index in [1.165, 1.54) is 5.56 Å². The molecule has 3 aliphatic rings. The molecule has 0 radical (unpaired) electrons. The van der Waals surface area contributed by atoms with Crippen LogP contribution in [0.2, 0.25) is 0 Å². The van der Waals surface area contributed by atoms with Gasteiger partial charge in [-0.25, -0.2) is 4.79 Å². The molecule has 0 saturated heterocycles. The Labute approximate surface area is 401 Å². The summed E-state index contributed by atoms with van der Waals surface area (Å²) in [4.78, 5) is 23.1. The SMILES string of the molecule is C=CCCOC(=O)N(Cc1cccc2ccccc12)C1CC(=NOCc2ccccc2)C2=CC(CCCCO)C(CCCCO)C3c4cc(Oc5ccc(C)c(C)c5)ccc4OC1(OCC=C)C23. The Balaban J connectivity index is 1.35. The Bertz CT molecular complexity index is 2580. The molecule has 1 aliphatic heterocycles. The summed E-state index contributed by atoms with van der Waals surface area (Å²) in [5.74, 6) is -0.0569. The average molecular weight is 919 g/mol. The summed E-state index contributed by atoms with van der Waals surface area (Å²) in [6.07, 6.45) is 10.6. The van der Waals surface area contributed by atoms with Crippen molar-refractivity contribution in [2.45, 2.75) is 96.1 Å². The summed E-state index contributed by atoms with van der Waals surface area (Å²) in [7, 11) is 0. The van der Waals surface area contributed by atoms with Crippen LogP contribution in [0, 0.1) is 31.6 Å². The highest BCUT2D eigenvalue weighted by Crippen LogP contribution is 2.62. The molecule has 5 aromatic carbocycles. The third-order valence-corrected chi connectivity index (χ3v) is 14.0. The maximum atomic E-state index is 15.0. The van der Waals surface area contributed by atoms with E-state index in [0.29, 0.717) is 36.5 Å².